The quantitative estimate of drug-likeness (QED) is 0.662. The number of alkyl halides is 5. The molecule has 4 nitrogen and oxygen atoms in total. The van der Waals surface area contributed by atoms with Crippen molar-refractivity contribution in [2.45, 2.75) is 18.3 Å². The molecule has 0 spiro atoms. The van der Waals surface area contributed by atoms with E-state index in [1.165, 1.54) is 12.1 Å². The van der Waals surface area contributed by atoms with E-state index in [2.05, 4.69) is 14.8 Å². The average Bonchev–Trinajstić information content (AvgIpc) is 2.36. The molecule has 112 valence electrons. The standard InChI is InChI=1S/C11H10ClF4NO3/c12-4-6(18)5-17-7-2-1-3-8-9(7)20-11(15,16)10(13,14)19-8/h1-3,6,17-18H,4-5H2. The van der Waals surface area contributed by atoms with Crippen LogP contribution in [0.3, 0.4) is 0 Å². The summed E-state index contributed by atoms with van der Waals surface area (Å²) < 4.78 is 60.2. The third-order valence-corrected chi connectivity index (χ3v) is 2.85. The normalized spacial score (nSPS) is 20.3. The van der Waals surface area contributed by atoms with Crippen LogP contribution >= 0.6 is 11.6 Å². The van der Waals surface area contributed by atoms with Gasteiger partial charge >= 0.3 is 12.2 Å². The van der Waals surface area contributed by atoms with Crippen LogP contribution < -0.4 is 14.8 Å². The highest BCUT2D eigenvalue weighted by molar-refractivity contribution is 6.18. The van der Waals surface area contributed by atoms with E-state index in [-0.39, 0.29) is 18.1 Å². The summed E-state index contributed by atoms with van der Waals surface area (Å²) in [6.07, 6.45) is -10.5. The summed E-state index contributed by atoms with van der Waals surface area (Å²) in [6, 6.07) is 3.71. The van der Waals surface area contributed by atoms with E-state index in [4.69, 9.17) is 11.6 Å². The van der Waals surface area contributed by atoms with E-state index in [1.54, 1.807) is 0 Å². The number of ether oxygens (including phenoxy) is 2. The Kier molecular flexibility index (Phi) is 3.88. The van der Waals surface area contributed by atoms with Gasteiger partial charge in [0.1, 0.15) is 0 Å². The first kappa shape index (κ1) is 15.0. The first-order chi connectivity index (χ1) is 9.27. The number of rotatable bonds is 4. The van der Waals surface area contributed by atoms with Gasteiger partial charge in [0.15, 0.2) is 11.5 Å². The Balaban J connectivity index is 2.27. The molecule has 0 aliphatic carbocycles. The first-order valence-electron chi connectivity index (χ1n) is 5.51. The van der Waals surface area contributed by atoms with Gasteiger partial charge in [-0.1, -0.05) is 6.07 Å². The number of anilines is 1. The average molecular weight is 316 g/mol. The van der Waals surface area contributed by atoms with Gasteiger partial charge in [-0.3, -0.25) is 0 Å². The molecule has 2 N–H and O–H groups in total. The van der Waals surface area contributed by atoms with E-state index in [9.17, 15) is 22.7 Å². The lowest BCUT2D eigenvalue weighted by Crippen LogP contribution is -2.52. The summed E-state index contributed by atoms with van der Waals surface area (Å²) in [5.74, 6) is -1.15. The Bertz CT molecular complexity index is 501. The summed E-state index contributed by atoms with van der Waals surface area (Å²) in [5.41, 5.74) is -0.0122. The monoisotopic (exact) mass is 315 g/mol. The zero-order valence-corrected chi connectivity index (χ0v) is 10.6. The van der Waals surface area contributed by atoms with Crippen molar-refractivity contribution < 1.29 is 32.1 Å². The van der Waals surface area contributed by atoms with Gasteiger partial charge in [-0.15, -0.1) is 11.6 Å². The van der Waals surface area contributed by atoms with Crippen LogP contribution in [0.25, 0.3) is 0 Å². The number of hydrogen-bond acceptors (Lipinski definition) is 4. The van der Waals surface area contributed by atoms with Crippen LogP contribution in [-0.4, -0.2) is 35.9 Å². The number of halogens is 5. The van der Waals surface area contributed by atoms with Crippen molar-refractivity contribution in [3.63, 3.8) is 0 Å². The fourth-order valence-corrected chi connectivity index (χ4v) is 1.62. The molecule has 1 aliphatic rings. The molecular weight excluding hydrogens is 306 g/mol. The molecule has 1 aliphatic heterocycles. The van der Waals surface area contributed by atoms with Gasteiger partial charge in [-0.05, 0) is 12.1 Å². The highest BCUT2D eigenvalue weighted by atomic mass is 35.5. The van der Waals surface area contributed by atoms with Crippen LogP contribution in [0.2, 0.25) is 0 Å². The second-order valence-corrected chi connectivity index (χ2v) is 4.37. The minimum atomic E-state index is -4.79. The van der Waals surface area contributed by atoms with E-state index < -0.39 is 29.8 Å². The van der Waals surface area contributed by atoms with Crippen LogP contribution in [0.1, 0.15) is 0 Å². The molecule has 0 amide bonds. The molecule has 0 aromatic heterocycles. The molecule has 0 radical (unpaired) electrons. The number of aliphatic hydroxyl groups is 1. The van der Waals surface area contributed by atoms with Crippen molar-refractivity contribution in [2.75, 3.05) is 17.7 Å². The number of fused-ring (bicyclic) bond motifs is 1. The minimum Gasteiger partial charge on any atom is -0.421 e. The molecule has 0 fully saturated rings. The zero-order valence-electron chi connectivity index (χ0n) is 9.88. The molecule has 9 heteroatoms. The fourth-order valence-electron chi connectivity index (χ4n) is 1.51. The molecule has 1 unspecified atom stereocenters. The highest BCUT2D eigenvalue weighted by Crippen LogP contribution is 2.49. The smallest absolute Gasteiger partial charge is 0.421 e. The lowest BCUT2D eigenvalue weighted by Gasteiger charge is -2.32. The van der Waals surface area contributed by atoms with Crippen LogP contribution in [0.15, 0.2) is 18.2 Å². The van der Waals surface area contributed by atoms with Gasteiger partial charge in [0, 0.05) is 6.54 Å². The predicted molar refractivity (Wildman–Crippen MR) is 62.8 cm³/mol. The summed E-state index contributed by atoms with van der Waals surface area (Å²) in [4.78, 5) is 0. The van der Waals surface area contributed by atoms with Gasteiger partial charge in [-0.2, -0.15) is 17.6 Å². The number of para-hydroxylation sites is 1. The summed E-state index contributed by atoms with van der Waals surface area (Å²) in [6.45, 7) is -0.0642. The Morgan fingerprint density at radius 2 is 1.85 bits per heavy atom. The van der Waals surface area contributed by atoms with Gasteiger partial charge in [0.2, 0.25) is 0 Å². The Hall–Kier alpha value is -1.41. The minimum absolute atomic E-state index is 0.0122. The molecule has 1 heterocycles. The maximum Gasteiger partial charge on any atom is 0.507 e. The van der Waals surface area contributed by atoms with Crippen molar-refractivity contribution in [3.05, 3.63) is 18.2 Å². The van der Waals surface area contributed by atoms with E-state index >= 15 is 0 Å². The molecule has 20 heavy (non-hydrogen) atoms. The van der Waals surface area contributed by atoms with Gasteiger partial charge < -0.3 is 19.9 Å². The second-order valence-electron chi connectivity index (χ2n) is 4.06. The number of nitrogens with one attached hydrogen (secondary N) is 1. The number of aliphatic hydroxyl groups excluding tert-OH is 1. The summed E-state index contributed by atoms with van der Waals surface area (Å²) in [5, 5.41) is 11.8. The van der Waals surface area contributed by atoms with Crippen molar-refractivity contribution in [1.82, 2.24) is 0 Å². The van der Waals surface area contributed by atoms with Crippen LogP contribution in [0.4, 0.5) is 23.2 Å². The first-order valence-corrected chi connectivity index (χ1v) is 6.05. The van der Waals surface area contributed by atoms with Crippen molar-refractivity contribution in [3.8, 4) is 11.5 Å². The van der Waals surface area contributed by atoms with E-state index in [0.29, 0.717) is 0 Å². The van der Waals surface area contributed by atoms with Crippen molar-refractivity contribution in [1.29, 1.82) is 0 Å². The molecule has 1 aromatic carbocycles. The highest BCUT2D eigenvalue weighted by Gasteiger charge is 2.66. The second kappa shape index (κ2) is 5.17. The lowest BCUT2D eigenvalue weighted by atomic mass is 10.2. The molecular formula is C11H10ClF4NO3. The van der Waals surface area contributed by atoms with Crippen LogP contribution in [-0.2, 0) is 0 Å². The van der Waals surface area contributed by atoms with E-state index in [0.717, 1.165) is 6.07 Å². The van der Waals surface area contributed by atoms with E-state index in [1.807, 2.05) is 0 Å². The van der Waals surface area contributed by atoms with Gasteiger partial charge in [0.25, 0.3) is 0 Å². The fraction of sp³-hybridized carbons (Fsp3) is 0.455. The van der Waals surface area contributed by atoms with Crippen LogP contribution in [0.5, 0.6) is 11.5 Å². The van der Waals surface area contributed by atoms with Crippen molar-refractivity contribution in [2.24, 2.45) is 0 Å². The predicted octanol–water partition coefficient (Wildman–Crippen LogP) is 2.66. The van der Waals surface area contributed by atoms with Crippen LogP contribution in [0, 0.1) is 0 Å². The molecule has 2 rings (SSSR count). The Morgan fingerprint density at radius 1 is 1.20 bits per heavy atom. The largest absolute Gasteiger partial charge is 0.507 e. The third kappa shape index (κ3) is 2.71. The summed E-state index contributed by atoms with van der Waals surface area (Å²) >= 11 is 5.38. The molecule has 0 saturated heterocycles. The molecule has 1 atom stereocenters. The Morgan fingerprint density at radius 3 is 2.50 bits per heavy atom. The molecule has 0 saturated carbocycles. The number of hydrogen-bond donors (Lipinski definition) is 2. The summed E-state index contributed by atoms with van der Waals surface area (Å²) in [7, 11) is 0. The van der Waals surface area contributed by atoms with Gasteiger partial charge in [-0.25, -0.2) is 0 Å². The number of benzene rings is 1. The molecule has 0 bridgehead atoms. The topological polar surface area (TPSA) is 50.7 Å². The van der Waals surface area contributed by atoms with Crippen molar-refractivity contribution >= 4 is 17.3 Å². The van der Waals surface area contributed by atoms with Gasteiger partial charge in [0.05, 0.1) is 17.7 Å². The third-order valence-electron chi connectivity index (χ3n) is 2.49. The SMILES string of the molecule is OC(CCl)CNc1cccc2c1OC(F)(F)C(F)(F)O2. The maximum atomic E-state index is 13.1. The maximum absolute atomic E-state index is 13.1. The lowest BCUT2D eigenvalue weighted by molar-refractivity contribution is -0.391. The zero-order chi connectivity index (χ0) is 15.0. The Labute approximate surface area is 116 Å². The molecule has 1 aromatic rings.